The van der Waals surface area contributed by atoms with Crippen molar-refractivity contribution >= 4 is 22.7 Å². The van der Waals surface area contributed by atoms with Gasteiger partial charge in [0.2, 0.25) is 5.95 Å². The van der Waals surface area contributed by atoms with Crippen LogP contribution >= 0.6 is 0 Å². The number of nitrogens with zero attached hydrogens (tertiary/aromatic N) is 4. The molecule has 0 unspecified atom stereocenters. The summed E-state index contributed by atoms with van der Waals surface area (Å²) in [5.74, 6) is 0.426. The van der Waals surface area contributed by atoms with Crippen LogP contribution in [0.3, 0.4) is 0 Å². The van der Waals surface area contributed by atoms with Crippen molar-refractivity contribution in [3.05, 3.63) is 75.7 Å². The molecule has 8 heteroatoms. The van der Waals surface area contributed by atoms with Crippen molar-refractivity contribution in [2.24, 2.45) is 0 Å². The zero-order valence-corrected chi connectivity index (χ0v) is 20.0. The number of rotatable bonds is 5. The van der Waals surface area contributed by atoms with Crippen LogP contribution in [0.5, 0.6) is 0 Å². The molecule has 3 N–H and O–H groups in total. The van der Waals surface area contributed by atoms with Crippen molar-refractivity contribution in [3.8, 4) is 5.69 Å². The predicted molar refractivity (Wildman–Crippen MR) is 134 cm³/mol. The van der Waals surface area contributed by atoms with Gasteiger partial charge < -0.3 is 15.7 Å². The first-order valence-electron chi connectivity index (χ1n) is 11.7. The molecule has 5 rings (SSSR count). The van der Waals surface area contributed by atoms with Crippen molar-refractivity contribution in [3.63, 3.8) is 0 Å². The van der Waals surface area contributed by atoms with E-state index in [0.717, 1.165) is 36.4 Å². The number of aliphatic hydroxyl groups is 1. The number of nitrogens with one attached hydrogen (secondary N) is 2. The molecule has 8 nitrogen and oxygen atoms in total. The van der Waals surface area contributed by atoms with Crippen LogP contribution in [-0.4, -0.2) is 31.0 Å². The molecular weight excluding hydrogens is 428 g/mol. The first kappa shape index (κ1) is 22.3. The molecule has 1 aliphatic heterocycles. The number of benzene rings is 2. The minimum atomic E-state index is -1.01. The summed E-state index contributed by atoms with van der Waals surface area (Å²) in [6.45, 7) is 9.27. The van der Waals surface area contributed by atoms with Gasteiger partial charge in [0.25, 0.3) is 5.56 Å². The predicted octanol–water partition coefficient (Wildman–Crippen LogP) is 3.78. The Kier molecular flexibility index (Phi) is 5.50. The summed E-state index contributed by atoms with van der Waals surface area (Å²) < 4.78 is 3.50. The van der Waals surface area contributed by atoms with Crippen molar-refractivity contribution < 1.29 is 5.11 Å². The van der Waals surface area contributed by atoms with E-state index in [9.17, 15) is 9.90 Å². The van der Waals surface area contributed by atoms with Gasteiger partial charge in [-0.15, -0.1) is 0 Å². The van der Waals surface area contributed by atoms with Gasteiger partial charge in [0.1, 0.15) is 5.39 Å². The number of anilines is 2. The summed E-state index contributed by atoms with van der Waals surface area (Å²) in [4.78, 5) is 22.5. The van der Waals surface area contributed by atoms with Gasteiger partial charge in [0.15, 0.2) is 5.65 Å². The third-order valence-electron chi connectivity index (χ3n) is 6.26. The van der Waals surface area contributed by atoms with Crippen LogP contribution in [0.15, 0.2) is 53.5 Å². The second-order valence-corrected chi connectivity index (χ2v) is 9.63. The van der Waals surface area contributed by atoms with E-state index < -0.39 is 5.60 Å². The molecule has 2 aromatic carbocycles. The second-order valence-electron chi connectivity index (χ2n) is 9.63. The zero-order valence-electron chi connectivity index (χ0n) is 20.0. The monoisotopic (exact) mass is 458 g/mol. The molecule has 1 aliphatic rings. The zero-order chi connectivity index (χ0) is 24.0. The Balaban J connectivity index is 1.63. The van der Waals surface area contributed by atoms with Gasteiger partial charge in [0, 0.05) is 24.5 Å². The smallest absolute Gasteiger partial charge is 0.278 e. The highest BCUT2D eigenvalue weighted by Gasteiger charge is 2.22. The Morgan fingerprint density at radius 3 is 2.74 bits per heavy atom. The van der Waals surface area contributed by atoms with Gasteiger partial charge in [-0.05, 0) is 81.6 Å². The highest BCUT2D eigenvalue weighted by atomic mass is 16.3. The number of fused-ring (bicyclic) bond motifs is 2. The molecule has 0 spiro atoms. The topological polar surface area (TPSA) is 97.0 Å². The summed E-state index contributed by atoms with van der Waals surface area (Å²) in [7, 11) is 0. The quantitative estimate of drug-likeness (QED) is 0.421. The minimum absolute atomic E-state index is 0.0989. The lowest BCUT2D eigenvalue weighted by molar-refractivity contribution is 0.0786. The molecule has 0 saturated heterocycles. The molecule has 2 aromatic heterocycles. The van der Waals surface area contributed by atoms with Gasteiger partial charge >= 0.3 is 0 Å². The van der Waals surface area contributed by atoms with Crippen molar-refractivity contribution in [1.29, 1.82) is 0 Å². The first-order valence-corrected chi connectivity index (χ1v) is 11.7. The maximum atomic E-state index is 13.3. The average Bonchev–Trinajstić information content (AvgIpc) is 3.10. The van der Waals surface area contributed by atoms with Crippen LogP contribution in [0.2, 0.25) is 0 Å². The van der Waals surface area contributed by atoms with Crippen LogP contribution in [0.1, 0.15) is 50.4 Å². The number of hydrogen-bond donors (Lipinski definition) is 3. The van der Waals surface area contributed by atoms with Crippen LogP contribution in [0.4, 0.5) is 11.6 Å². The minimum Gasteiger partial charge on any atom is -0.386 e. The normalized spacial score (nSPS) is 13.9. The Hall–Kier alpha value is -3.49. The van der Waals surface area contributed by atoms with Gasteiger partial charge in [-0.2, -0.15) is 4.98 Å². The molecule has 0 aliphatic carbocycles. The van der Waals surface area contributed by atoms with Crippen LogP contribution in [0, 0.1) is 0 Å². The number of aromatic nitrogens is 4. The highest BCUT2D eigenvalue weighted by molar-refractivity contribution is 5.77. The molecule has 4 aromatic rings. The van der Waals surface area contributed by atoms with Crippen molar-refractivity contribution in [2.75, 3.05) is 11.9 Å². The fraction of sp³-hybridized carbons (Fsp3) is 0.346. The Bertz CT molecular complexity index is 1430. The molecule has 0 radical (unpaired) electrons. The SMILES string of the molecule is CC(C)n1c(=O)c2cnc(Nc3ccc4c(c3)CCNC4)nc2n1-c1cccc(C(C)(C)O)c1. The highest BCUT2D eigenvalue weighted by Crippen LogP contribution is 2.26. The van der Waals surface area contributed by atoms with Gasteiger partial charge in [-0.3, -0.25) is 4.79 Å². The first-order chi connectivity index (χ1) is 16.2. The summed E-state index contributed by atoms with van der Waals surface area (Å²) in [5.41, 5.74) is 4.42. The summed E-state index contributed by atoms with van der Waals surface area (Å²) in [5, 5.41) is 17.7. The van der Waals surface area contributed by atoms with Crippen LogP contribution in [-0.2, 0) is 18.6 Å². The van der Waals surface area contributed by atoms with E-state index in [1.165, 1.54) is 11.1 Å². The van der Waals surface area contributed by atoms with E-state index in [0.29, 0.717) is 17.0 Å². The van der Waals surface area contributed by atoms with E-state index in [4.69, 9.17) is 4.98 Å². The molecular formula is C26H30N6O2. The van der Waals surface area contributed by atoms with Crippen molar-refractivity contribution in [1.82, 2.24) is 24.6 Å². The van der Waals surface area contributed by atoms with E-state index in [1.807, 2.05) is 48.9 Å². The third-order valence-corrected chi connectivity index (χ3v) is 6.26. The Morgan fingerprint density at radius 1 is 1.15 bits per heavy atom. The molecule has 0 bridgehead atoms. The molecule has 0 fully saturated rings. The van der Waals surface area contributed by atoms with Gasteiger partial charge in [0.05, 0.1) is 11.3 Å². The average molecular weight is 459 g/mol. The van der Waals surface area contributed by atoms with Crippen LogP contribution < -0.4 is 16.2 Å². The van der Waals surface area contributed by atoms with Crippen LogP contribution in [0.25, 0.3) is 16.7 Å². The number of hydrogen-bond acceptors (Lipinski definition) is 6. The standard InChI is InChI=1S/C26H30N6O2/c1-16(2)31-24(33)22-15-28-25(29-20-9-8-18-14-27-11-10-17(18)12-20)30-23(22)32(31)21-7-5-6-19(13-21)26(3,4)34/h5-9,12-13,15-16,27,34H,10-11,14H2,1-4H3,(H,28,29,30). The van der Waals surface area contributed by atoms with E-state index in [1.54, 1.807) is 24.7 Å². The van der Waals surface area contributed by atoms with Gasteiger partial charge in [-0.25, -0.2) is 14.3 Å². The lowest BCUT2D eigenvalue weighted by Crippen LogP contribution is -2.24. The Morgan fingerprint density at radius 2 is 1.97 bits per heavy atom. The molecule has 176 valence electrons. The summed E-state index contributed by atoms with van der Waals surface area (Å²) in [6.07, 6.45) is 2.57. The lowest BCUT2D eigenvalue weighted by Gasteiger charge is -2.20. The van der Waals surface area contributed by atoms with E-state index >= 15 is 0 Å². The maximum Gasteiger partial charge on any atom is 0.278 e. The van der Waals surface area contributed by atoms with Crippen molar-refractivity contribution in [2.45, 2.75) is 52.3 Å². The van der Waals surface area contributed by atoms with E-state index in [2.05, 4.69) is 27.8 Å². The fourth-order valence-electron chi connectivity index (χ4n) is 4.48. The second kappa shape index (κ2) is 8.38. The largest absolute Gasteiger partial charge is 0.386 e. The summed E-state index contributed by atoms with van der Waals surface area (Å²) >= 11 is 0. The molecule has 34 heavy (non-hydrogen) atoms. The maximum absolute atomic E-state index is 13.3. The molecule has 0 atom stereocenters. The molecule has 3 heterocycles. The van der Waals surface area contributed by atoms with Gasteiger partial charge in [-0.1, -0.05) is 18.2 Å². The van der Waals surface area contributed by atoms with E-state index in [-0.39, 0.29) is 11.6 Å². The fourth-order valence-corrected chi connectivity index (χ4v) is 4.48. The molecule has 0 amide bonds. The third kappa shape index (κ3) is 3.99. The molecule has 0 saturated carbocycles. The Labute approximate surface area is 198 Å². The lowest BCUT2D eigenvalue weighted by atomic mass is 9.98. The summed E-state index contributed by atoms with van der Waals surface area (Å²) in [6, 6.07) is 13.8.